The smallest absolute Gasteiger partial charge is 0.319 e. The fraction of sp³-hybridized carbons (Fsp3) is 0.500. The SMILES string of the molecule is COc1ccc(CCS(=O)C(C(=O)O)C(C)C)cc1. The molecule has 1 rings (SSSR count). The van der Waals surface area contributed by atoms with Gasteiger partial charge in [-0.25, -0.2) is 0 Å². The molecule has 0 aliphatic carbocycles. The number of carboxylic acids is 1. The summed E-state index contributed by atoms with van der Waals surface area (Å²) >= 11 is 0. The minimum atomic E-state index is -1.36. The van der Waals surface area contributed by atoms with E-state index in [4.69, 9.17) is 9.84 Å². The zero-order valence-corrected chi connectivity index (χ0v) is 12.3. The van der Waals surface area contributed by atoms with E-state index in [0.29, 0.717) is 12.2 Å². The van der Waals surface area contributed by atoms with Crippen molar-refractivity contribution in [3.05, 3.63) is 29.8 Å². The topological polar surface area (TPSA) is 63.6 Å². The van der Waals surface area contributed by atoms with Gasteiger partial charge in [-0.3, -0.25) is 9.00 Å². The lowest BCUT2D eigenvalue weighted by Gasteiger charge is -2.15. The molecule has 0 bridgehead atoms. The maximum absolute atomic E-state index is 12.0. The minimum absolute atomic E-state index is 0.130. The van der Waals surface area contributed by atoms with E-state index in [1.165, 1.54) is 0 Å². The van der Waals surface area contributed by atoms with Crippen molar-refractivity contribution in [1.82, 2.24) is 0 Å². The highest BCUT2D eigenvalue weighted by Crippen LogP contribution is 2.14. The van der Waals surface area contributed by atoms with E-state index in [1.807, 2.05) is 24.3 Å². The maximum Gasteiger partial charge on any atom is 0.319 e. The van der Waals surface area contributed by atoms with Crippen LogP contribution in [0.5, 0.6) is 5.75 Å². The number of rotatable bonds is 7. The summed E-state index contributed by atoms with van der Waals surface area (Å²) in [5, 5.41) is 8.28. The molecular formula is C14H20O4S. The summed E-state index contributed by atoms with van der Waals surface area (Å²) in [6.45, 7) is 3.56. The van der Waals surface area contributed by atoms with E-state index in [0.717, 1.165) is 11.3 Å². The van der Waals surface area contributed by atoms with Gasteiger partial charge in [-0.2, -0.15) is 0 Å². The summed E-state index contributed by atoms with van der Waals surface area (Å²) in [5.74, 6) is 0.0225. The molecule has 1 N–H and O–H groups in total. The van der Waals surface area contributed by atoms with Crippen molar-refractivity contribution in [3.63, 3.8) is 0 Å². The molecule has 106 valence electrons. The predicted molar refractivity (Wildman–Crippen MR) is 76.0 cm³/mol. The van der Waals surface area contributed by atoms with Gasteiger partial charge in [0.15, 0.2) is 0 Å². The first kappa shape index (κ1) is 15.7. The lowest BCUT2D eigenvalue weighted by Crippen LogP contribution is -2.32. The van der Waals surface area contributed by atoms with Crippen LogP contribution in [0.2, 0.25) is 0 Å². The van der Waals surface area contributed by atoms with Gasteiger partial charge in [0.25, 0.3) is 0 Å². The average molecular weight is 284 g/mol. The van der Waals surface area contributed by atoms with E-state index in [-0.39, 0.29) is 5.92 Å². The molecule has 0 heterocycles. The normalized spacial score (nSPS) is 14.1. The van der Waals surface area contributed by atoms with E-state index in [2.05, 4.69) is 0 Å². The Bertz CT molecular complexity index is 439. The molecule has 0 fully saturated rings. The van der Waals surface area contributed by atoms with Crippen molar-refractivity contribution in [2.75, 3.05) is 12.9 Å². The highest BCUT2D eigenvalue weighted by atomic mass is 32.2. The molecule has 0 spiro atoms. The molecular weight excluding hydrogens is 264 g/mol. The molecule has 1 aromatic rings. The molecule has 1 aromatic carbocycles. The second kappa shape index (κ2) is 7.28. The first-order valence-corrected chi connectivity index (χ1v) is 7.56. The Hall–Kier alpha value is -1.36. The molecule has 0 aliphatic heterocycles. The first-order chi connectivity index (χ1) is 8.95. The van der Waals surface area contributed by atoms with Gasteiger partial charge in [0, 0.05) is 16.6 Å². The lowest BCUT2D eigenvalue weighted by atomic mass is 10.1. The second-order valence-electron chi connectivity index (χ2n) is 4.69. The van der Waals surface area contributed by atoms with Crippen molar-refractivity contribution in [1.29, 1.82) is 0 Å². The fourth-order valence-electron chi connectivity index (χ4n) is 1.84. The first-order valence-electron chi connectivity index (χ1n) is 6.18. The zero-order valence-electron chi connectivity index (χ0n) is 11.5. The van der Waals surface area contributed by atoms with Crippen LogP contribution in [-0.4, -0.2) is 33.4 Å². The van der Waals surface area contributed by atoms with Gasteiger partial charge in [-0.05, 0) is 30.0 Å². The lowest BCUT2D eigenvalue weighted by molar-refractivity contribution is -0.137. The number of ether oxygens (including phenoxy) is 1. The third-order valence-electron chi connectivity index (χ3n) is 2.88. The number of aryl methyl sites for hydroxylation is 1. The number of hydrogen-bond donors (Lipinski definition) is 1. The van der Waals surface area contributed by atoms with Crippen LogP contribution < -0.4 is 4.74 Å². The third-order valence-corrected chi connectivity index (χ3v) is 4.80. The van der Waals surface area contributed by atoms with Crippen LogP contribution in [0.4, 0.5) is 0 Å². The average Bonchev–Trinajstić information content (AvgIpc) is 2.36. The van der Waals surface area contributed by atoms with Crippen LogP contribution in [-0.2, 0) is 22.0 Å². The summed E-state index contributed by atoms with van der Waals surface area (Å²) in [4.78, 5) is 11.1. The molecule has 2 atom stereocenters. The number of aliphatic carboxylic acids is 1. The van der Waals surface area contributed by atoms with E-state index >= 15 is 0 Å². The van der Waals surface area contributed by atoms with Gasteiger partial charge in [-0.15, -0.1) is 0 Å². The van der Waals surface area contributed by atoms with Gasteiger partial charge in [-0.1, -0.05) is 26.0 Å². The monoisotopic (exact) mass is 284 g/mol. The van der Waals surface area contributed by atoms with Crippen molar-refractivity contribution < 1.29 is 18.8 Å². The quantitative estimate of drug-likeness (QED) is 0.833. The fourth-order valence-corrected chi connectivity index (χ4v) is 3.36. The molecule has 0 aromatic heterocycles. The Kier molecular flexibility index (Phi) is 6.02. The molecule has 0 saturated heterocycles. The summed E-state index contributed by atoms with van der Waals surface area (Å²) in [7, 11) is 0.245. The van der Waals surface area contributed by atoms with E-state index < -0.39 is 22.0 Å². The maximum atomic E-state index is 12.0. The number of methoxy groups -OCH3 is 1. The molecule has 0 aliphatic rings. The van der Waals surface area contributed by atoms with E-state index in [9.17, 15) is 9.00 Å². The van der Waals surface area contributed by atoms with Crippen LogP contribution in [0.15, 0.2) is 24.3 Å². The van der Waals surface area contributed by atoms with Crippen LogP contribution in [0.25, 0.3) is 0 Å². The Morgan fingerprint density at radius 3 is 2.32 bits per heavy atom. The largest absolute Gasteiger partial charge is 0.497 e. The second-order valence-corrected chi connectivity index (χ2v) is 6.36. The Labute approximate surface area is 116 Å². The number of carboxylic acid groups (broad SMARTS) is 1. The summed E-state index contributed by atoms with van der Waals surface area (Å²) < 4.78 is 17.1. The summed E-state index contributed by atoms with van der Waals surface area (Å²) in [5.41, 5.74) is 1.03. The van der Waals surface area contributed by atoms with Crippen molar-refractivity contribution in [3.8, 4) is 5.75 Å². The highest BCUT2D eigenvalue weighted by Gasteiger charge is 2.27. The van der Waals surface area contributed by atoms with Gasteiger partial charge >= 0.3 is 5.97 Å². The van der Waals surface area contributed by atoms with Gasteiger partial charge in [0.05, 0.1) is 7.11 Å². The zero-order chi connectivity index (χ0) is 14.4. The molecule has 0 radical (unpaired) electrons. The minimum Gasteiger partial charge on any atom is -0.497 e. The predicted octanol–water partition coefficient (Wildman–Crippen LogP) is 2.10. The summed E-state index contributed by atoms with van der Waals surface area (Å²) in [6, 6.07) is 7.49. The van der Waals surface area contributed by atoms with Gasteiger partial charge in [0.2, 0.25) is 0 Å². The Morgan fingerprint density at radius 1 is 1.32 bits per heavy atom. The molecule has 0 amide bonds. The molecule has 2 unspecified atom stereocenters. The number of benzene rings is 1. The van der Waals surface area contributed by atoms with Gasteiger partial charge in [0.1, 0.15) is 11.0 Å². The van der Waals surface area contributed by atoms with Crippen molar-refractivity contribution in [2.24, 2.45) is 5.92 Å². The van der Waals surface area contributed by atoms with Gasteiger partial charge < -0.3 is 9.84 Å². The molecule has 19 heavy (non-hydrogen) atoms. The molecule has 5 heteroatoms. The van der Waals surface area contributed by atoms with Crippen LogP contribution in [0.3, 0.4) is 0 Å². The van der Waals surface area contributed by atoms with Crippen LogP contribution >= 0.6 is 0 Å². The van der Waals surface area contributed by atoms with Crippen LogP contribution in [0.1, 0.15) is 19.4 Å². The van der Waals surface area contributed by atoms with Crippen molar-refractivity contribution >= 4 is 16.8 Å². The highest BCUT2D eigenvalue weighted by molar-refractivity contribution is 7.86. The summed E-state index contributed by atoms with van der Waals surface area (Å²) in [6.07, 6.45) is 0.604. The Balaban J connectivity index is 2.59. The number of carbonyl (C=O) groups is 1. The third kappa shape index (κ3) is 4.67. The number of hydrogen-bond acceptors (Lipinski definition) is 3. The van der Waals surface area contributed by atoms with Crippen LogP contribution in [0, 0.1) is 5.92 Å². The molecule has 4 nitrogen and oxygen atoms in total. The van der Waals surface area contributed by atoms with Crippen molar-refractivity contribution in [2.45, 2.75) is 25.5 Å². The Morgan fingerprint density at radius 2 is 1.89 bits per heavy atom. The van der Waals surface area contributed by atoms with E-state index in [1.54, 1.807) is 21.0 Å². The molecule has 0 saturated carbocycles. The standard InChI is InChI=1S/C14H20O4S/c1-10(2)13(14(15)16)19(17)9-8-11-4-6-12(18-3)7-5-11/h4-7,10,13H,8-9H2,1-3H3,(H,15,16).